The fraction of sp³-hybridized carbons (Fsp3) is 0.300. The van der Waals surface area contributed by atoms with E-state index in [0.717, 1.165) is 0 Å². The van der Waals surface area contributed by atoms with Crippen molar-refractivity contribution >= 4 is 11.7 Å². The summed E-state index contributed by atoms with van der Waals surface area (Å²) in [5.41, 5.74) is 6.03. The van der Waals surface area contributed by atoms with Gasteiger partial charge in [0.15, 0.2) is 0 Å². The van der Waals surface area contributed by atoms with Gasteiger partial charge in [0.25, 0.3) is 0 Å². The number of carboxylic acid groups (broad SMARTS) is 1. The molecule has 0 aliphatic rings. The van der Waals surface area contributed by atoms with Crippen molar-refractivity contribution in [2.45, 2.75) is 19.3 Å². The minimum atomic E-state index is -0.894. The number of rotatable bonds is 3. The zero-order chi connectivity index (χ0) is 10.7. The number of carbonyl (C=O) groups is 1. The van der Waals surface area contributed by atoms with Gasteiger partial charge in [-0.15, -0.1) is 0 Å². The molecule has 1 aromatic carbocycles. The maximum Gasteiger partial charge on any atom is 0.303 e. The molecule has 0 bridgehead atoms. The highest BCUT2D eigenvalue weighted by Gasteiger charge is 2.11. The molecule has 0 fully saturated rings. The predicted molar refractivity (Wildman–Crippen MR) is 51.5 cm³/mol. The van der Waals surface area contributed by atoms with Gasteiger partial charge in [-0.3, -0.25) is 4.79 Å². The molecule has 0 spiro atoms. The Kier molecular flexibility index (Phi) is 3.06. The fourth-order valence-electron chi connectivity index (χ4n) is 1.23. The van der Waals surface area contributed by atoms with Crippen LogP contribution in [-0.2, 0) is 4.79 Å². The van der Waals surface area contributed by atoms with Crippen LogP contribution >= 0.6 is 0 Å². The van der Waals surface area contributed by atoms with E-state index in [0.29, 0.717) is 5.56 Å². The van der Waals surface area contributed by atoms with E-state index in [2.05, 4.69) is 0 Å². The lowest BCUT2D eigenvalue weighted by Crippen LogP contribution is -2.03. The molecule has 1 aromatic rings. The van der Waals surface area contributed by atoms with E-state index in [1.807, 2.05) is 0 Å². The van der Waals surface area contributed by atoms with Crippen LogP contribution in [0.1, 0.15) is 24.8 Å². The first-order chi connectivity index (χ1) is 6.50. The number of benzene rings is 1. The largest absolute Gasteiger partial charge is 0.481 e. The van der Waals surface area contributed by atoms with Crippen LogP contribution in [0, 0.1) is 5.82 Å². The highest BCUT2D eigenvalue weighted by Crippen LogP contribution is 2.22. The number of carboxylic acids is 1. The first kappa shape index (κ1) is 10.5. The standard InChI is InChI=1S/C10H12FNO2/c1-6(4-10(13)14)7-2-3-9(12)8(11)5-7/h2-3,5-6H,4,12H2,1H3,(H,13,14). The average molecular weight is 197 g/mol. The third-order valence-corrected chi connectivity index (χ3v) is 2.07. The lowest BCUT2D eigenvalue weighted by molar-refractivity contribution is -0.137. The summed E-state index contributed by atoms with van der Waals surface area (Å²) in [6.45, 7) is 1.74. The normalized spacial score (nSPS) is 12.4. The molecule has 3 N–H and O–H groups in total. The SMILES string of the molecule is CC(CC(=O)O)c1ccc(N)c(F)c1. The molecule has 0 radical (unpaired) electrons. The Morgan fingerprint density at radius 3 is 2.79 bits per heavy atom. The summed E-state index contributed by atoms with van der Waals surface area (Å²) >= 11 is 0. The number of nitrogens with two attached hydrogens (primary N) is 1. The molecule has 0 saturated carbocycles. The molecule has 14 heavy (non-hydrogen) atoms. The third-order valence-electron chi connectivity index (χ3n) is 2.07. The van der Waals surface area contributed by atoms with Crippen LogP contribution in [0.15, 0.2) is 18.2 Å². The number of hydrogen-bond acceptors (Lipinski definition) is 2. The van der Waals surface area contributed by atoms with E-state index in [1.165, 1.54) is 12.1 Å². The number of nitrogen functional groups attached to an aromatic ring is 1. The van der Waals surface area contributed by atoms with Crippen molar-refractivity contribution in [2.24, 2.45) is 0 Å². The minimum Gasteiger partial charge on any atom is -0.481 e. The van der Waals surface area contributed by atoms with Gasteiger partial charge < -0.3 is 10.8 Å². The first-order valence-corrected chi connectivity index (χ1v) is 4.27. The molecule has 0 aliphatic heterocycles. The van der Waals surface area contributed by atoms with Gasteiger partial charge in [-0.05, 0) is 23.6 Å². The molecule has 76 valence electrons. The molecular weight excluding hydrogens is 185 g/mol. The number of aliphatic carboxylic acids is 1. The topological polar surface area (TPSA) is 63.3 Å². The zero-order valence-corrected chi connectivity index (χ0v) is 7.83. The van der Waals surface area contributed by atoms with Crippen molar-refractivity contribution < 1.29 is 14.3 Å². The Bertz CT molecular complexity index is 352. The van der Waals surface area contributed by atoms with Gasteiger partial charge in [0.1, 0.15) is 5.82 Å². The van der Waals surface area contributed by atoms with E-state index >= 15 is 0 Å². The van der Waals surface area contributed by atoms with Crippen LogP contribution in [0.4, 0.5) is 10.1 Å². The average Bonchev–Trinajstić information content (AvgIpc) is 2.08. The molecule has 1 atom stereocenters. The summed E-state index contributed by atoms with van der Waals surface area (Å²) in [5, 5.41) is 8.55. The summed E-state index contributed by atoms with van der Waals surface area (Å²) in [5.74, 6) is -1.60. The maximum absolute atomic E-state index is 13.0. The summed E-state index contributed by atoms with van der Waals surface area (Å²) < 4.78 is 13.0. The second-order valence-electron chi connectivity index (χ2n) is 3.28. The van der Waals surface area contributed by atoms with Crippen LogP contribution < -0.4 is 5.73 Å². The number of hydrogen-bond donors (Lipinski definition) is 2. The Morgan fingerprint density at radius 2 is 2.29 bits per heavy atom. The lowest BCUT2D eigenvalue weighted by Gasteiger charge is -2.09. The smallest absolute Gasteiger partial charge is 0.303 e. The molecular formula is C10H12FNO2. The predicted octanol–water partition coefficient (Wildman–Crippen LogP) is 1.99. The third kappa shape index (κ3) is 2.45. The molecule has 4 heteroatoms. The quantitative estimate of drug-likeness (QED) is 0.728. The van der Waals surface area contributed by atoms with E-state index < -0.39 is 11.8 Å². The van der Waals surface area contributed by atoms with Crippen LogP contribution in [0.5, 0.6) is 0 Å². The minimum absolute atomic E-state index is 0.0106. The van der Waals surface area contributed by atoms with Gasteiger partial charge >= 0.3 is 5.97 Å². The van der Waals surface area contributed by atoms with Crippen LogP contribution in [0.2, 0.25) is 0 Å². The molecule has 0 heterocycles. The monoisotopic (exact) mass is 197 g/mol. The van der Waals surface area contributed by atoms with E-state index in [9.17, 15) is 9.18 Å². The van der Waals surface area contributed by atoms with Crippen molar-refractivity contribution in [3.63, 3.8) is 0 Å². The molecule has 0 saturated heterocycles. The van der Waals surface area contributed by atoms with E-state index in [-0.39, 0.29) is 18.0 Å². The van der Waals surface area contributed by atoms with Gasteiger partial charge in [0.05, 0.1) is 12.1 Å². The highest BCUT2D eigenvalue weighted by atomic mass is 19.1. The summed E-state index contributed by atoms with van der Waals surface area (Å²) in [4.78, 5) is 10.4. The molecule has 3 nitrogen and oxygen atoms in total. The Labute approximate surface area is 81.4 Å². The summed E-state index contributed by atoms with van der Waals surface area (Å²) in [7, 11) is 0. The van der Waals surface area contributed by atoms with Gasteiger partial charge in [-0.1, -0.05) is 13.0 Å². The summed E-state index contributed by atoms with van der Waals surface area (Å²) in [6.07, 6.45) is -0.0106. The molecule has 1 unspecified atom stereocenters. The van der Waals surface area contributed by atoms with Crippen molar-refractivity contribution in [1.29, 1.82) is 0 Å². The van der Waals surface area contributed by atoms with Gasteiger partial charge in [0, 0.05) is 0 Å². The zero-order valence-electron chi connectivity index (χ0n) is 7.83. The number of anilines is 1. The molecule has 0 amide bonds. The Morgan fingerprint density at radius 1 is 1.64 bits per heavy atom. The van der Waals surface area contributed by atoms with Crippen molar-refractivity contribution in [3.8, 4) is 0 Å². The van der Waals surface area contributed by atoms with Crippen LogP contribution in [0.3, 0.4) is 0 Å². The number of halogens is 1. The highest BCUT2D eigenvalue weighted by molar-refractivity contribution is 5.68. The summed E-state index contributed by atoms with van der Waals surface area (Å²) in [6, 6.07) is 4.37. The molecule has 1 rings (SSSR count). The first-order valence-electron chi connectivity index (χ1n) is 4.27. The van der Waals surface area contributed by atoms with Crippen LogP contribution in [0.25, 0.3) is 0 Å². The lowest BCUT2D eigenvalue weighted by atomic mass is 9.97. The molecule has 0 aliphatic carbocycles. The Balaban J connectivity index is 2.85. The van der Waals surface area contributed by atoms with Gasteiger partial charge in [0.2, 0.25) is 0 Å². The van der Waals surface area contributed by atoms with Gasteiger partial charge in [-0.25, -0.2) is 4.39 Å². The van der Waals surface area contributed by atoms with Crippen molar-refractivity contribution in [1.82, 2.24) is 0 Å². The second-order valence-corrected chi connectivity index (χ2v) is 3.28. The van der Waals surface area contributed by atoms with Crippen molar-refractivity contribution in [3.05, 3.63) is 29.6 Å². The van der Waals surface area contributed by atoms with Crippen LogP contribution in [-0.4, -0.2) is 11.1 Å². The Hall–Kier alpha value is -1.58. The van der Waals surface area contributed by atoms with E-state index in [4.69, 9.17) is 10.8 Å². The fourth-order valence-corrected chi connectivity index (χ4v) is 1.23. The van der Waals surface area contributed by atoms with E-state index in [1.54, 1.807) is 13.0 Å². The van der Waals surface area contributed by atoms with Crippen molar-refractivity contribution in [2.75, 3.05) is 5.73 Å². The molecule has 0 aromatic heterocycles. The maximum atomic E-state index is 13.0. The van der Waals surface area contributed by atoms with Gasteiger partial charge in [-0.2, -0.15) is 0 Å². The second kappa shape index (κ2) is 4.09.